The van der Waals surface area contributed by atoms with E-state index in [0.717, 1.165) is 0 Å². The molecule has 178 valence electrons. The number of hydrogen-bond acceptors (Lipinski definition) is 8. The SMILES string of the molecule is CCOc1ccc(NC(=O)NC(=O)COC(=O)c2nc(-c3ccccc3)oc2C)cc1OCC. The summed E-state index contributed by atoms with van der Waals surface area (Å²) in [6.45, 7) is 5.44. The van der Waals surface area contributed by atoms with Crippen LogP contribution >= 0.6 is 0 Å². The Labute approximate surface area is 196 Å². The average Bonchev–Trinajstić information content (AvgIpc) is 3.21. The lowest BCUT2D eigenvalue weighted by Gasteiger charge is -2.13. The zero-order chi connectivity index (χ0) is 24.5. The number of anilines is 1. The maximum absolute atomic E-state index is 12.3. The van der Waals surface area contributed by atoms with Gasteiger partial charge in [-0.2, -0.15) is 0 Å². The highest BCUT2D eigenvalue weighted by molar-refractivity contribution is 6.02. The number of amides is 3. The Kier molecular flexibility index (Phi) is 8.22. The van der Waals surface area contributed by atoms with Crippen LogP contribution in [-0.2, 0) is 9.53 Å². The fourth-order valence-corrected chi connectivity index (χ4v) is 2.94. The molecule has 3 rings (SSSR count). The number of hydrogen-bond donors (Lipinski definition) is 2. The number of imide groups is 1. The van der Waals surface area contributed by atoms with Gasteiger partial charge in [-0.1, -0.05) is 18.2 Å². The zero-order valence-corrected chi connectivity index (χ0v) is 19.0. The predicted octanol–water partition coefficient (Wildman–Crippen LogP) is 3.95. The fourth-order valence-electron chi connectivity index (χ4n) is 2.94. The third-order valence-corrected chi connectivity index (χ3v) is 4.40. The Morgan fingerprint density at radius 3 is 2.38 bits per heavy atom. The third-order valence-electron chi connectivity index (χ3n) is 4.40. The van der Waals surface area contributed by atoms with Crippen molar-refractivity contribution in [3.63, 3.8) is 0 Å². The predicted molar refractivity (Wildman–Crippen MR) is 123 cm³/mol. The Morgan fingerprint density at radius 1 is 0.971 bits per heavy atom. The van der Waals surface area contributed by atoms with Gasteiger partial charge in [-0.3, -0.25) is 10.1 Å². The summed E-state index contributed by atoms with van der Waals surface area (Å²) in [5.41, 5.74) is 1.04. The normalized spacial score (nSPS) is 10.3. The molecule has 0 saturated heterocycles. The van der Waals surface area contributed by atoms with Gasteiger partial charge in [0.15, 0.2) is 23.8 Å². The maximum atomic E-state index is 12.3. The van der Waals surface area contributed by atoms with E-state index in [4.69, 9.17) is 18.6 Å². The summed E-state index contributed by atoms with van der Waals surface area (Å²) in [4.78, 5) is 40.7. The number of esters is 1. The van der Waals surface area contributed by atoms with Crippen LogP contribution in [0.2, 0.25) is 0 Å². The number of carbonyl (C=O) groups is 3. The topological polar surface area (TPSA) is 129 Å². The van der Waals surface area contributed by atoms with Crippen LogP contribution in [0.3, 0.4) is 0 Å². The molecule has 0 unspecified atom stereocenters. The lowest BCUT2D eigenvalue weighted by Crippen LogP contribution is -2.37. The molecule has 0 aliphatic heterocycles. The molecule has 0 atom stereocenters. The number of aryl methyl sites for hydroxylation is 1. The molecule has 0 bridgehead atoms. The van der Waals surface area contributed by atoms with Crippen molar-refractivity contribution >= 4 is 23.6 Å². The molecule has 2 N–H and O–H groups in total. The van der Waals surface area contributed by atoms with E-state index in [1.54, 1.807) is 37.3 Å². The van der Waals surface area contributed by atoms with Crippen molar-refractivity contribution in [2.75, 3.05) is 25.1 Å². The van der Waals surface area contributed by atoms with Crippen LogP contribution in [0.15, 0.2) is 52.9 Å². The lowest BCUT2D eigenvalue weighted by molar-refractivity contribution is -0.123. The van der Waals surface area contributed by atoms with Crippen LogP contribution in [0.1, 0.15) is 30.1 Å². The maximum Gasteiger partial charge on any atom is 0.361 e. The molecule has 2 aromatic carbocycles. The van der Waals surface area contributed by atoms with Gasteiger partial charge in [-0.15, -0.1) is 0 Å². The second-order valence-corrected chi connectivity index (χ2v) is 6.90. The molecule has 0 saturated carbocycles. The van der Waals surface area contributed by atoms with Crippen molar-refractivity contribution in [3.05, 3.63) is 60.0 Å². The van der Waals surface area contributed by atoms with Crippen LogP contribution in [0, 0.1) is 6.92 Å². The van der Waals surface area contributed by atoms with Crippen LogP contribution < -0.4 is 20.1 Å². The molecule has 0 aliphatic rings. The fraction of sp³-hybridized carbons (Fsp3) is 0.250. The Bertz CT molecular complexity index is 1160. The van der Waals surface area contributed by atoms with E-state index in [0.29, 0.717) is 36.0 Å². The van der Waals surface area contributed by atoms with Crippen molar-refractivity contribution in [3.8, 4) is 23.0 Å². The van der Waals surface area contributed by atoms with Crippen molar-refractivity contribution in [1.82, 2.24) is 10.3 Å². The lowest BCUT2D eigenvalue weighted by atomic mass is 10.2. The Hall–Kier alpha value is -4.34. The summed E-state index contributed by atoms with van der Waals surface area (Å²) in [6, 6.07) is 13.1. The molecule has 34 heavy (non-hydrogen) atoms. The number of urea groups is 1. The van der Waals surface area contributed by atoms with E-state index >= 15 is 0 Å². The van der Waals surface area contributed by atoms with Gasteiger partial charge in [0.1, 0.15) is 5.76 Å². The van der Waals surface area contributed by atoms with Gasteiger partial charge in [0.2, 0.25) is 5.89 Å². The number of ether oxygens (including phenoxy) is 3. The van der Waals surface area contributed by atoms with Gasteiger partial charge >= 0.3 is 12.0 Å². The van der Waals surface area contributed by atoms with E-state index in [9.17, 15) is 14.4 Å². The molecule has 10 heteroatoms. The number of nitrogens with zero attached hydrogens (tertiary/aromatic N) is 1. The van der Waals surface area contributed by atoms with E-state index < -0.39 is 24.5 Å². The minimum absolute atomic E-state index is 0.0473. The number of carbonyl (C=O) groups excluding carboxylic acids is 3. The molecule has 0 radical (unpaired) electrons. The first-order chi connectivity index (χ1) is 16.4. The largest absolute Gasteiger partial charge is 0.490 e. The summed E-state index contributed by atoms with van der Waals surface area (Å²) < 4.78 is 21.5. The standard InChI is InChI=1S/C24H25N3O7/c1-4-31-18-12-11-17(13-19(18)32-5-2)25-24(30)26-20(28)14-33-23(29)21-15(3)34-22(27-21)16-9-7-6-8-10-16/h6-13H,4-5,14H2,1-3H3,(H2,25,26,28,30). The Morgan fingerprint density at radius 2 is 1.68 bits per heavy atom. The first-order valence-electron chi connectivity index (χ1n) is 10.6. The second kappa shape index (κ2) is 11.5. The minimum atomic E-state index is -0.841. The zero-order valence-electron chi connectivity index (χ0n) is 19.0. The number of rotatable bonds is 9. The van der Waals surface area contributed by atoms with Crippen molar-refractivity contribution < 1.29 is 33.0 Å². The van der Waals surface area contributed by atoms with E-state index in [-0.39, 0.29) is 17.3 Å². The number of nitrogens with one attached hydrogen (secondary N) is 2. The summed E-state index contributed by atoms with van der Waals surface area (Å²) >= 11 is 0. The molecule has 0 spiro atoms. The molecule has 1 aromatic heterocycles. The first-order valence-corrected chi connectivity index (χ1v) is 10.6. The molecule has 10 nitrogen and oxygen atoms in total. The van der Waals surface area contributed by atoms with Crippen LogP contribution in [0.5, 0.6) is 11.5 Å². The first kappa shape index (κ1) is 24.3. The van der Waals surface area contributed by atoms with Gasteiger partial charge < -0.3 is 23.9 Å². The summed E-state index contributed by atoms with van der Waals surface area (Å²) in [6.07, 6.45) is 0. The second-order valence-electron chi connectivity index (χ2n) is 6.90. The number of oxazole rings is 1. The smallest absolute Gasteiger partial charge is 0.361 e. The molecule has 0 aliphatic carbocycles. The minimum Gasteiger partial charge on any atom is -0.490 e. The highest BCUT2D eigenvalue weighted by Crippen LogP contribution is 2.30. The van der Waals surface area contributed by atoms with Crippen molar-refractivity contribution in [1.29, 1.82) is 0 Å². The van der Waals surface area contributed by atoms with Gasteiger partial charge in [0.05, 0.1) is 13.2 Å². The average molecular weight is 467 g/mol. The van der Waals surface area contributed by atoms with E-state index in [1.807, 2.05) is 32.0 Å². The van der Waals surface area contributed by atoms with Crippen LogP contribution in [0.4, 0.5) is 10.5 Å². The summed E-state index contributed by atoms with van der Waals surface area (Å²) in [5.74, 6) is -0.145. The van der Waals surface area contributed by atoms with Crippen LogP contribution in [-0.4, -0.2) is 42.7 Å². The highest BCUT2D eigenvalue weighted by Gasteiger charge is 2.21. The molecule has 0 fully saturated rings. The van der Waals surface area contributed by atoms with E-state index in [2.05, 4.69) is 15.6 Å². The molecule has 1 heterocycles. The third kappa shape index (κ3) is 6.35. The highest BCUT2D eigenvalue weighted by atomic mass is 16.5. The monoisotopic (exact) mass is 467 g/mol. The summed E-state index contributed by atoms with van der Waals surface area (Å²) in [7, 11) is 0. The van der Waals surface area contributed by atoms with Gasteiger partial charge in [0.25, 0.3) is 5.91 Å². The van der Waals surface area contributed by atoms with Gasteiger partial charge in [0, 0.05) is 17.3 Å². The van der Waals surface area contributed by atoms with Crippen LogP contribution in [0.25, 0.3) is 11.5 Å². The number of benzene rings is 2. The Balaban J connectivity index is 1.53. The quantitative estimate of drug-likeness (QED) is 0.453. The molecular formula is C24H25N3O7. The van der Waals surface area contributed by atoms with Gasteiger partial charge in [-0.05, 0) is 45.0 Å². The van der Waals surface area contributed by atoms with Crippen molar-refractivity contribution in [2.45, 2.75) is 20.8 Å². The van der Waals surface area contributed by atoms with E-state index in [1.165, 1.54) is 0 Å². The summed E-state index contributed by atoms with van der Waals surface area (Å²) in [5, 5.41) is 4.61. The molecule has 3 aromatic rings. The van der Waals surface area contributed by atoms with Crippen molar-refractivity contribution in [2.24, 2.45) is 0 Å². The molecule has 3 amide bonds. The number of aromatic nitrogens is 1. The van der Waals surface area contributed by atoms with Gasteiger partial charge in [-0.25, -0.2) is 14.6 Å². The molecular weight excluding hydrogens is 442 g/mol.